The van der Waals surface area contributed by atoms with Crippen LogP contribution in [0.1, 0.15) is 18.4 Å². The Balaban J connectivity index is 1.67. The molecule has 4 rings (SSSR count). The minimum absolute atomic E-state index is 0.624. The number of aliphatic hydroxyl groups is 1. The van der Waals surface area contributed by atoms with Crippen LogP contribution >= 0.6 is 0 Å². The molecule has 0 radical (unpaired) electrons. The standard InChI is InChI=1S/C18H20N4O/c1-22-17-11-14(5-8-16(17)20-21-22)13-3-6-15(7-4-13)18(23)9-2-10-19-12-18/h3-8,11,19,23H,2,9-10,12H2,1H3. The van der Waals surface area contributed by atoms with Crippen LogP contribution in [0, 0.1) is 0 Å². The lowest BCUT2D eigenvalue weighted by Gasteiger charge is -2.33. The van der Waals surface area contributed by atoms with Gasteiger partial charge in [-0.2, -0.15) is 0 Å². The van der Waals surface area contributed by atoms with Gasteiger partial charge < -0.3 is 10.4 Å². The number of hydrogen-bond donors (Lipinski definition) is 2. The van der Waals surface area contributed by atoms with E-state index in [1.165, 1.54) is 0 Å². The van der Waals surface area contributed by atoms with E-state index in [0.29, 0.717) is 6.54 Å². The van der Waals surface area contributed by atoms with Crippen molar-refractivity contribution in [3.8, 4) is 11.1 Å². The third-order valence-electron chi connectivity index (χ3n) is 4.73. The van der Waals surface area contributed by atoms with Crippen molar-refractivity contribution < 1.29 is 5.11 Å². The summed E-state index contributed by atoms with van der Waals surface area (Å²) in [4.78, 5) is 0. The largest absolute Gasteiger partial charge is 0.384 e. The molecule has 1 atom stereocenters. The molecule has 0 aliphatic carbocycles. The van der Waals surface area contributed by atoms with Crippen molar-refractivity contribution in [2.24, 2.45) is 7.05 Å². The molecule has 1 aliphatic rings. The number of benzene rings is 2. The second kappa shape index (κ2) is 5.44. The van der Waals surface area contributed by atoms with Gasteiger partial charge in [0.15, 0.2) is 0 Å². The summed E-state index contributed by atoms with van der Waals surface area (Å²) in [5.74, 6) is 0. The van der Waals surface area contributed by atoms with Gasteiger partial charge in [-0.05, 0) is 48.2 Å². The van der Waals surface area contributed by atoms with E-state index in [0.717, 1.165) is 47.1 Å². The van der Waals surface area contributed by atoms with Gasteiger partial charge in [0.25, 0.3) is 0 Å². The molecule has 0 bridgehead atoms. The first-order valence-corrected chi connectivity index (χ1v) is 7.99. The summed E-state index contributed by atoms with van der Waals surface area (Å²) in [7, 11) is 1.90. The lowest BCUT2D eigenvalue weighted by atomic mass is 9.86. The fourth-order valence-electron chi connectivity index (χ4n) is 3.32. The van der Waals surface area contributed by atoms with E-state index < -0.39 is 5.60 Å². The maximum atomic E-state index is 10.8. The third-order valence-corrected chi connectivity index (χ3v) is 4.73. The van der Waals surface area contributed by atoms with Crippen LogP contribution in [0.4, 0.5) is 0 Å². The molecule has 5 nitrogen and oxygen atoms in total. The molecule has 0 saturated carbocycles. The SMILES string of the molecule is Cn1nnc2ccc(-c3ccc(C4(O)CCCNC4)cc3)cc21. The molecule has 2 heterocycles. The molecule has 1 fully saturated rings. The predicted molar refractivity (Wildman–Crippen MR) is 89.9 cm³/mol. The van der Waals surface area contributed by atoms with Crippen molar-refractivity contribution >= 4 is 11.0 Å². The van der Waals surface area contributed by atoms with E-state index in [1.807, 2.05) is 25.2 Å². The van der Waals surface area contributed by atoms with Crippen LogP contribution in [-0.4, -0.2) is 33.2 Å². The summed E-state index contributed by atoms with van der Waals surface area (Å²) >= 11 is 0. The highest BCUT2D eigenvalue weighted by atomic mass is 16.3. The first kappa shape index (κ1) is 14.4. The highest BCUT2D eigenvalue weighted by molar-refractivity contribution is 5.81. The van der Waals surface area contributed by atoms with E-state index in [2.05, 4.69) is 39.9 Å². The Labute approximate surface area is 134 Å². The van der Waals surface area contributed by atoms with Crippen LogP contribution in [0.2, 0.25) is 0 Å². The Morgan fingerprint density at radius 2 is 1.91 bits per heavy atom. The van der Waals surface area contributed by atoms with Crippen LogP contribution in [0.5, 0.6) is 0 Å². The molecule has 5 heteroatoms. The molecule has 2 N–H and O–H groups in total. The topological polar surface area (TPSA) is 63.0 Å². The number of nitrogens with zero attached hydrogens (tertiary/aromatic N) is 3. The Morgan fingerprint density at radius 3 is 2.65 bits per heavy atom. The first-order chi connectivity index (χ1) is 11.2. The Morgan fingerprint density at radius 1 is 1.13 bits per heavy atom. The normalized spacial score (nSPS) is 21.7. The molecular weight excluding hydrogens is 288 g/mol. The summed E-state index contributed by atoms with van der Waals surface area (Å²) in [6.07, 6.45) is 1.81. The molecule has 1 unspecified atom stereocenters. The van der Waals surface area contributed by atoms with Crippen LogP contribution in [-0.2, 0) is 12.6 Å². The maximum absolute atomic E-state index is 10.8. The Hall–Kier alpha value is -2.24. The lowest BCUT2D eigenvalue weighted by molar-refractivity contribution is 0.0123. The molecule has 23 heavy (non-hydrogen) atoms. The van der Waals surface area contributed by atoms with Gasteiger partial charge in [-0.3, -0.25) is 0 Å². The Bertz CT molecular complexity index is 832. The summed E-state index contributed by atoms with van der Waals surface area (Å²) in [5.41, 5.74) is 4.41. The predicted octanol–water partition coefficient (Wildman–Crippen LogP) is 2.21. The lowest BCUT2D eigenvalue weighted by Crippen LogP contribution is -2.43. The van der Waals surface area contributed by atoms with Gasteiger partial charge in [-0.15, -0.1) is 5.10 Å². The molecule has 3 aromatic rings. The second-order valence-electron chi connectivity index (χ2n) is 6.31. The number of aryl methyl sites for hydroxylation is 1. The van der Waals surface area contributed by atoms with Gasteiger partial charge in [0.1, 0.15) is 11.1 Å². The van der Waals surface area contributed by atoms with Crippen molar-refractivity contribution in [2.45, 2.75) is 18.4 Å². The second-order valence-corrected chi connectivity index (χ2v) is 6.31. The van der Waals surface area contributed by atoms with Crippen molar-refractivity contribution in [2.75, 3.05) is 13.1 Å². The van der Waals surface area contributed by atoms with Crippen molar-refractivity contribution in [3.63, 3.8) is 0 Å². The number of β-amino-alcohol motifs (C(OH)–C–C–N with tert-alkyl or cyclic N) is 1. The Kier molecular flexibility index (Phi) is 3.39. The van der Waals surface area contributed by atoms with Gasteiger partial charge in [0, 0.05) is 13.6 Å². The molecule has 1 saturated heterocycles. The molecule has 0 spiro atoms. The fourth-order valence-corrected chi connectivity index (χ4v) is 3.32. The highest BCUT2D eigenvalue weighted by Gasteiger charge is 2.30. The van der Waals surface area contributed by atoms with Gasteiger partial charge in [-0.1, -0.05) is 35.5 Å². The van der Waals surface area contributed by atoms with E-state index in [9.17, 15) is 5.11 Å². The summed E-state index contributed by atoms with van der Waals surface area (Å²) in [5, 5.41) is 22.2. The molecular formula is C18H20N4O. The number of rotatable bonds is 2. The molecule has 1 aliphatic heterocycles. The van der Waals surface area contributed by atoms with E-state index in [1.54, 1.807) is 4.68 Å². The minimum Gasteiger partial charge on any atom is -0.384 e. The molecule has 1 aromatic heterocycles. The molecule has 118 valence electrons. The zero-order chi connectivity index (χ0) is 15.9. The van der Waals surface area contributed by atoms with Crippen molar-refractivity contribution in [1.82, 2.24) is 20.3 Å². The number of nitrogens with one attached hydrogen (secondary N) is 1. The third kappa shape index (κ3) is 2.52. The first-order valence-electron chi connectivity index (χ1n) is 7.99. The maximum Gasteiger partial charge on any atom is 0.113 e. The summed E-state index contributed by atoms with van der Waals surface area (Å²) in [6.45, 7) is 1.61. The van der Waals surface area contributed by atoms with Crippen LogP contribution in [0.25, 0.3) is 22.2 Å². The monoisotopic (exact) mass is 308 g/mol. The molecule has 2 aromatic carbocycles. The van der Waals surface area contributed by atoms with Crippen molar-refractivity contribution in [3.05, 3.63) is 48.0 Å². The average Bonchev–Trinajstić information content (AvgIpc) is 2.96. The number of piperidine rings is 1. The van der Waals surface area contributed by atoms with Crippen LogP contribution < -0.4 is 5.32 Å². The zero-order valence-electron chi connectivity index (χ0n) is 13.2. The average molecular weight is 308 g/mol. The van der Waals surface area contributed by atoms with Gasteiger partial charge in [-0.25, -0.2) is 4.68 Å². The van der Waals surface area contributed by atoms with Crippen molar-refractivity contribution in [1.29, 1.82) is 0 Å². The van der Waals surface area contributed by atoms with Gasteiger partial charge in [0.05, 0.1) is 5.52 Å². The van der Waals surface area contributed by atoms with Crippen LogP contribution in [0.15, 0.2) is 42.5 Å². The van der Waals surface area contributed by atoms with Gasteiger partial charge >= 0.3 is 0 Å². The fraction of sp³-hybridized carbons (Fsp3) is 0.333. The summed E-state index contributed by atoms with van der Waals surface area (Å²) in [6, 6.07) is 14.4. The summed E-state index contributed by atoms with van der Waals surface area (Å²) < 4.78 is 1.78. The highest BCUT2D eigenvalue weighted by Crippen LogP contribution is 2.30. The number of fused-ring (bicyclic) bond motifs is 1. The zero-order valence-corrected chi connectivity index (χ0v) is 13.2. The van der Waals surface area contributed by atoms with E-state index in [-0.39, 0.29) is 0 Å². The quantitative estimate of drug-likeness (QED) is 0.762. The number of aromatic nitrogens is 3. The van der Waals surface area contributed by atoms with E-state index >= 15 is 0 Å². The smallest absolute Gasteiger partial charge is 0.113 e. The van der Waals surface area contributed by atoms with E-state index in [4.69, 9.17) is 0 Å². The minimum atomic E-state index is -0.743. The number of hydrogen-bond acceptors (Lipinski definition) is 4. The molecule has 0 amide bonds. The van der Waals surface area contributed by atoms with Gasteiger partial charge in [0.2, 0.25) is 0 Å². The van der Waals surface area contributed by atoms with Crippen LogP contribution in [0.3, 0.4) is 0 Å².